The van der Waals surface area contributed by atoms with E-state index in [9.17, 15) is 14.7 Å². The van der Waals surface area contributed by atoms with Crippen LogP contribution in [0.25, 0.3) is 0 Å². The lowest BCUT2D eigenvalue weighted by atomic mass is 9.91. The fraction of sp³-hybridized carbons (Fsp3) is 0.556. The zero-order chi connectivity index (χ0) is 16.4. The van der Waals surface area contributed by atoms with Gasteiger partial charge >= 0.3 is 11.8 Å². The van der Waals surface area contributed by atoms with Gasteiger partial charge in [-0.25, -0.2) is 0 Å². The second kappa shape index (κ2) is 6.71. The van der Waals surface area contributed by atoms with E-state index >= 15 is 0 Å². The Morgan fingerprint density at radius 2 is 1.96 bits per heavy atom. The molecule has 2 amide bonds. The molecular formula is C18H24N2O3. The molecule has 0 radical (unpaired) electrons. The van der Waals surface area contributed by atoms with Crippen molar-refractivity contribution >= 4 is 17.5 Å². The standard InChI is InChI=1S/C18H24N2O3/c1-13-8-10-20(16-7-3-2-6-15(13)16)18(23)17(22)19-9-4-5-14(11-19)12-21/h2-3,6-7,13-14,21H,4-5,8-12H2,1H3. The molecule has 1 saturated heterocycles. The molecule has 1 aromatic rings. The molecule has 1 aromatic carbocycles. The quantitative estimate of drug-likeness (QED) is 0.803. The van der Waals surface area contributed by atoms with Crippen LogP contribution < -0.4 is 4.90 Å². The first kappa shape index (κ1) is 16.0. The SMILES string of the molecule is CC1CCN(C(=O)C(=O)N2CCCC(CO)C2)c2ccccc21. The first-order valence-electron chi connectivity index (χ1n) is 8.42. The van der Waals surface area contributed by atoms with E-state index in [-0.39, 0.29) is 12.5 Å². The first-order chi connectivity index (χ1) is 11.1. The molecule has 3 rings (SSSR count). The molecule has 2 aliphatic heterocycles. The molecule has 5 heteroatoms. The fourth-order valence-corrected chi connectivity index (χ4v) is 3.61. The second-order valence-corrected chi connectivity index (χ2v) is 6.65. The number of rotatable bonds is 1. The van der Waals surface area contributed by atoms with Crippen LogP contribution in [0.1, 0.15) is 37.7 Å². The van der Waals surface area contributed by atoms with Crippen LogP contribution in [-0.4, -0.2) is 48.1 Å². The van der Waals surface area contributed by atoms with Crippen LogP contribution in [0, 0.1) is 5.92 Å². The van der Waals surface area contributed by atoms with Gasteiger partial charge in [-0.1, -0.05) is 25.1 Å². The lowest BCUT2D eigenvalue weighted by Gasteiger charge is -2.36. The highest BCUT2D eigenvalue weighted by atomic mass is 16.3. The van der Waals surface area contributed by atoms with E-state index in [1.165, 1.54) is 0 Å². The highest BCUT2D eigenvalue weighted by molar-refractivity contribution is 6.40. The molecule has 1 N–H and O–H groups in total. The van der Waals surface area contributed by atoms with Gasteiger partial charge in [-0.2, -0.15) is 0 Å². The van der Waals surface area contributed by atoms with Crippen molar-refractivity contribution in [2.45, 2.75) is 32.1 Å². The van der Waals surface area contributed by atoms with Crippen molar-refractivity contribution in [2.75, 3.05) is 31.1 Å². The number of aliphatic hydroxyl groups is 1. The molecule has 5 nitrogen and oxygen atoms in total. The van der Waals surface area contributed by atoms with E-state index in [4.69, 9.17) is 0 Å². The van der Waals surface area contributed by atoms with Crippen LogP contribution in [0.4, 0.5) is 5.69 Å². The number of piperidine rings is 1. The molecule has 2 aliphatic rings. The number of carbonyl (C=O) groups excluding carboxylic acids is 2. The average Bonchev–Trinajstić information content (AvgIpc) is 2.61. The Hall–Kier alpha value is -1.88. The van der Waals surface area contributed by atoms with Gasteiger partial charge in [0.1, 0.15) is 0 Å². The molecule has 1 fully saturated rings. The summed E-state index contributed by atoms with van der Waals surface area (Å²) in [5, 5.41) is 9.30. The van der Waals surface area contributed by atoms with Gasteiger partial charge in [0.15, 0.2) is 0 Å². The van der Waals surface area contributed by atoms with Gasteiger partial charge in [-0.05, 0) is 42.7 Å². The predicted molar refractivity (Wildman–Crippen MR) is 88.2 cm³/mol. The summed E-state index contributed by atoms with van der Waals surface area (Å²) in [5.74, 6) is -0.385. The second-order valence-electron chi connectivity index (χ2n) is 6.65. The number of amides is 2. The Balaban J connectivity index is 1.78. The summed E-state index contributed by atoms with van der Waals surface area (Å²) in [6, 6.07) is 7.83. The van der Waals surface area contributed by atoms with Crippen LogP contribution >= 0.6 is 0 Å². The molecule has 0 spiro atoms. The van der Waals surface area contributed by atoms with Crippen LogP contribution in [0.5, 0.6) is 0 Å². The van der Waals surface area contributed by atoms with E-state index in [0.29, 0.717) is 25.6 Å². The zero-order valence-corrected chi connectivity index (χ0v) is 13.6. The highest BCUT2D eigenvalue weighted by Crippen LogP contribution is 2.35. The minimum Gasteiger partial charge on any atom is -0.396 e. The molecule has 0 saturated carbocycles. The minimum absolute atomic E-state index is 0.0715. The van der Waals surface area contributed by atoms with Crippen molar-refractivity contribution in [3.8, 4) is 0 Å². The maximum Gasteiger partial charge on any atom is 0.316 e. The Labute approximate surface area is 136 Å². The third kappa shape index (κ3) is 3.11. The Morgan fingerprint density at radius 3 is 2.74 bits per heavy atom. The number of fused-ring (bicyclic) bond motifs is 1. The number of anilines is 1. The summed E-state index contributed by atoms with van der Waals surface area (Å²) in [6.45, 7) is 3.89. The Kier molecular flexibility index (Phi) is 4.66. The molecule has 0 bridgehead atoms. The normalized spacial score (nSPS) is 24.3. The fourth-order valence-electron chi connectivity index (χ4n) is 3.61. The van der Waals surface area contributed by atoms with Gasteiger partial charge < -0.3 is 14.9 Å². The van der Waals surface area contributed by atoms with E-state index in [2.05, 4.69) is 6.92 Å². The van der Waals surface area contributed by atoms with E-state index < -0.39 is 11.8 Å². The maximum atomic E-state index is 12.7. The monoisotopic (exact) mass is 316 g/mol. The van der Waals surface area contributed by atoms with Crippen molar-refractivity contribution in [2.24, 2.45) is 5.92 Å². The molecule has 2 unspecified atom stereocenters. The van der Waals surface area contributed by atoms with Crippen molar-refractivity contribution in [1.82, 2.24) is 4.90 Å². The molecule has 23 heavy (non-hydrogen) atoms. The number of hydrogen-bond acceptors (Lipinski definition) is 3. The number of nitrogens with zero attached hydrogens (tertiary/aromatic N) is 2. The summed E-state index contributed by atoms with van der Waals surface area (Å²) in [7, 11) is 0. The van der Waals surface area contributed by atoms with E-state index in [0.717, 1.165) is 30.5 Å². The molecule has 0 aliphatic carbocycles. The van der Waals surface area contributed by atoms with Gasteiger partial charge in [-0.3, -0.25) is 9.59 Å². The van der Waals surface area contributed by atoms with Crippen molar-refractivity contribution in [3.05, 3.63) is 29.8 Å². The summed E-state index contributed by atoms with van der Waals surface area (Å²) >= 11 is 0. The van der Waals surface area contributed by atoms with Gasteiger partial charge in [0, 0.05) is 31.9 Å². The van der Waals surface area contributed by atoms with Crippen molar-refractivity contribution in [1.29, 1.82) is 0 Å². The van der Waals surface area contributed by atoms with Gasteiger partial charge in [0.2, 0.25) is 0 Å². The molecule has 124 valence electrons. The number of carbonyl (C=O) groups is 2. The Morgan fingerprint density at radius 1 is 1.17 bits per heavy atom. The number of likely N-dealkylation sites (tertiary alicyclic amines) is 1. The zero-order valence-electron chi connectivity index (χ0n) is 13.6. The van der Waals surface area contributed by atoms with E-state index in [1.54, 1.807) is 9.80 Å². The van der Waals surface area contributed by atoms with Gasteiger partial charge in [0.05, 0.1) is 0 Å². The number of hydrogen-bond donors (Lipinski definition) is 1. The van der Waals surface area contributed by atoms with Gasteiger partial charge in [0.25, 0.3) is 0 Å². The largest absolute Gasteiger partial charge is 0.396 e. The van der Waals surface area contributed by atoms with Crippen LogP contribution in [0.2, 0.25) is 0 Å². The minimum atomic E-state index is -0.442. The molecule has 0 aromatic heterocycles. The summed E-state index contributed by atoms with van der Waals surface area (Å²) in [5.41, 5.74) is 1.99. The molecule has 2 heterocycles. The lowest BCUT2D eigenvalue weighted by molar-refractivity contribution is -0.145. The predicted octanol–water partition coefficient (Wildman–Crippen LogP) is 1.76. The number of benzene rings is 1. The third-order valence-corrected chi connectivity index (χ3v) is 5.04. The lowest BCUT2D eigenvalue weighted by Crippen LogP contribution is -2.50. The van der Waals surface area contributed by atoms with Crippen LogP contribution in [-0.2, 0) is 9.59 Å². The first-order valence-corrected chi connectivity index (χ1v) is 8.42. The van der Waals surface area contributed by atoms with E-state index in [1.807, 2.05) is 24.3 Å². The number of aliphatic hydroxyl groups excluding tert-OH is 1. The topological polar surface area (TPSA) is 60.9 Å². The summed E-state index contributed by atoms with van der Waals surface area (Å²) in [4.78, 5) is 28.6. The van der Waals surface area contributed by atoms with Crippen molar-refractivity contribution < 1.29 is 14.7 Å². The van der Waals surface area contributed by atoms with Crippen molar-refractivity contribution in [3.63, 3.8) is 0 Å². The summed E-state index contributed by atoms with van der Waals surface area (Å²) in [6.07, 6.45) is 2.63. The third-order valence-electron chi connectivity index (χ3n) is 5.04. The summed E-state index contributed by atoms with van der Waals surface area (Å²) < 4.78 is 0. The smallest absolute Gasteiger partial charge is 0.316 e. The Bertz CT molecular complexity index is 602. The van der Waals surface area contributed by atoms with Gasteiger partial charge in [-0.15, -0.1) is 0 Å². The number of para-hydroxylation sites is 1. The molecule has 2 atom stereocenters. The molecular weight excluding hydrogens is 292 g/mol. The average molecular weight is 316 g/mol. The van der Waals surface area contributed by atoms with Crippen LogP contribution in [0.15, 0.2) is 24.3 Å². The maximum absolute atomic E-state index is 12.7. The highest BCUT2D eigenvalue weighted by Gasteiger charge is 2.34. The van der Waals surface area contributed by atoms with Crippen LogP contribution in [0.3, 0.4) is 0 Å².